The molecule has 6 nitrogen and oxygen atoms in total. The number of amides is 1. The second-order valence-electron chi connectivity index (χ2n) is 6.51. The maximum atomic E-state index is 12.0. The average Bonchev–Trinajstić information content (AvgIpc) is 3.25. The zero-order chi connectivity index (χ0) is 17.2. The van der Waals surface area contributed by atoms with E-state index in [-0.39, 0.29) is 12.0 Å². The van der Waals surface area contributed by atoms with Crippen LogP contribution in [0, 0.1) is 0 Å². The largest absolute Gasteiger partial charge is 0.383 e. The number of nitrogen functional groups attached to an aromatic ring is 1. The van der Waals surface area contributed by atoms with Crippen LogP contribution in [0.5, 0.6) is 0 Å². The number of thiophene rings is 1. The lowest BCUT2D eigenvalue weighted by Crippen LogP contribution is -2.32. The molecule has 3 heterocycles. The number of fused-ring (bicyclic) bond motifs is 3. The molecule has 0 bridgehead atoms. The summed E-state index contributed by atoms with van der Waals surface area (Å²) in [6.07, 6.45) is 6.89. The third kappa shape index (κ3) is 3.75. The number of carbonyl (C=O) groups is 1. The molecule has 1 atom stereocenters. The van der Waals surface area contributed by atoms with Crippen molar-refractivity contribution in [1.29, 1.82) is 0 Å². The Hall–Kier alpha value is -1.38. The normalized spacial score (nSPS) is 19.9. The summed E-state index contributed by atoms with van der Waals surface area (Å²) < 4.78 is 5.51. The van der Waals surface area contributed by atoms with Gasteiger partial charge in [0, 0.05) is 18.0 Å². The van der Waals surface area contributed by atoms with Crippen molar-refractivity contribution in [2.75, 3.05) is 24.6 Å². The number of rotatable bonds is 5. The molecule has 3 N–H and O–H groups in total. The van der Waals surface area contributed by atoms with Crippen LogP contribution < -0.4 is 11.1 Å². The summed E-state index contributed by atoms with van der Waals surface area (Å²) in [4.78, 5) is 23.4. The van der Waals surface area contributed by atoms with Crippen LogP contribution in [0.4, 0.5) is 5.82 Å². The van der Waals surface area contributed by atoms with Gasteiger partial charge in [0.05, 0.1) is 17.2 Å². The van der Waals surface area contributed by atoms with Crippen LogP contribution in [0.1, 0.15) is 36.1 Å². The Labute approximate surface area is 154 Å². The Morgan fingerprint density at radius 2 is 2.20 bits per heavy atom. The summed E-state index contributed by atoms with van der Waals surface area (Å²) in [5.41, 5.74) is 7.54. The second-order valence-corrected chi connectivity index (χ2v) is 8.54. The van der Waals surface area contributed by atoms with E-state index in [1.807, 2.05) is 0 Å². The summed E-state index contributed by atoms with van der Waals surface area (Å²) in [7, 11) is 0. The van der Waals surface area contributed by atoms with Crippen molar-refractivity contribution in [2.45, 2.75) is 49.8 Å². The highest BCUT2D eigenvalue weighted by atomic mass is 32.2. The highest BCUT2D eigenvalue weighted by Crippen LogP contribution is 2.38. The fourth-order valence-electron chi connectivity index (χ4n) is 3.44. The molecule has 0 unspecified atom stereocenters. The van der Waals surface area contributed by atoms with E-state index in [2.05, 4.69) is 15.3 Å². The van der Waals surface area contributed by atoms with Crippen molar-refractivity contribution in [3.63, 3.8) is 0 Å². The van der Waals surface area contributed by atoms with Gasteiger partial charge in [-0.25, -0.2) is 9.97 Å². The Balaban J connectivity index is 1.40. The predicted molar refractivity (Wildman–Crippen MR) is 101 cm³/mol. The lowest BCUT2D eigenvalue weighted by molar-refractivity contribution is -0.119. The first-order valence-corrected chi connectivity index (χ1v) is 10.6. The van der Waals surface area contributed by atoms with Gasteiger partial charge < -0.3 is 15.8 Å². The standard InChI is InChI=1S/C17H22N4O2S2/c18-15-14-11-5-1-2-6-12(11)25-16(14)21-17(20-15)24-9-13(22)19-8-10-4-3-7-23-10/h10H,1-9H2,(H,19,22)(H2,18,20,21)/t10-/m1/s1. The van der Waals surface area contributed by atoms with Crippen molar-refractivity contribution in [1.82, 2.24) is 15.3 Å². The molecular weight excluding hydrogens is 356 g/mol. The first kappa shape index (κ1) is 17.1. The molecule has 2 aliphatic rings. The van der Waals surface area contributed by atoms with Gasteiger partial charge in [-0.05, 0) is 44.1 Å². The van der Waals surface area contributed by atoms with Crippen LogP contribution in [0.25, 0.3) is 10.2 Å². The van der Waals surface area contributed by atoms with Gasteiger partial charge in [0.2, 0.25) is 5.91 Å². The van der Waals surface area contributed by atoms with Crippen LogP contribution in [0.3, 0.4) is 0 Å². The van der Waals surface area contributed by atoms with Crippen molar-refractivity contribution >= 4 is 45.0 Å². The molecule has 2 aromatic rings. The minimum absolute atomic E-state index is 0.0201. The highest BCUT2D eigenvalue weighted by molar-refractivity contribution is 7.99. The number of aromatic nitrogens is 2. The number of nitrogens with two attached hydrogens (primary N) is 1. The number of nitrogens with zero attached hydrogens (tertiary/aromatic N) is 2. The van der Waals surface area contributed by atoms with Crippen LogP contribution in [0.2, 0.25) is 0 Å². The van der Waals surface area contributed by atoms with Gasteiger partial charge in [-0.3, -0.25) is 4.79 Å². The predicted octanol–water partition coefficient (Wildman–Crippen LogP) is 2.54. The third-order valence-electron chi connectivity index (χ3n) is 4.71. The molecule has 1 amide bonds. The van der Waals surface area contributed by atoms with E-state index < -0.39 is 0 Å². The Kier molecular flexibility index (Phi) is 5.10. The van der Waals surface area contributed by atoms with Crippen LogP contribution in [0.15, 0.2) is 5.16 Å². The third-order valence-corrected chi connectivity index (χ3v) is 6.74. The fraction of sp³-hybridized carbons (Fsp3) is 0.588. The molecule has 0 aromatic carbocycles. The molecule has 1 saturated heterocycles. The molecule has 134 valence electrons. The number of aryl methyl sites for hydroxylation is 2. The van der Waals surface area contributed by atoms with Crippen molar-refractivity contribution in [2.24, 2.45) is 0 Å². The van der Waals surface area contributed by atoms with Gasteiger partial charge in [0.25, 0.3) is 0 Å². The molecule has 1 aliphatic carbocycles. The van der Waals surface area contributed by atoms with E-state index in [4.69, 9.17) is 10.5 Å². The lowest BCUT2D eigenvalue weighted by Gasteiger charge is -2.11. The van der Waals surface area contributed by atoms with Gasteiger partial charge >= 0.3 is 0 Å². The maximum Gasteiger partial charge on any atom is 0.230 e. The van der Waals surface area contributed by atoms with E-state index in [0.29, 0.717) is 23.3 Å². The van der Waals surface area contributed by atoms with Gasteiger partial charge in [0.1, 0.15) is 10.6 Å². The molecule has 2 aromatic heterocycles. The highest BCUT2D eigenvalue weighted by Gasteiger charge is 2.21. The molecule has 1 fully saturated rings. The number of carbonyl (C=O) groups excluding carboxylic acids is 1. The minimum Gasteiger partial charge on any atom is -0.383 e. The minimum atomic E-state index is -0.0201. The van der Waals surface area contributed by atoms with Crippen molar-refractivity contribution in [3.8, 4) is 0 Å². The summed E-state index contributed by atoms with van der Waals surface area (Å²) >= 11 is 3.07. The van der Waals surface area contributed by atoms with Crippen LogP contribution >= 0.6 is 23.1 Å². The second kappa shape index (κ2) is 7.47. The molecule has 0 radical (unpaired) electrons. The summed E-state index contributed by atoms with van der Waals surface area (Å²) in [5, 5.41) is 4.53. The van der Waals surface area contributed by atoms with Crippen LogP contribution in [-0.4, -0.2) is 40.9 Å². The number of anilines is 1. The molecule has 1 aliphatic heterocycles. The monoisotopic (exact) mass is 378 g/mol. The zero-order valence-electron chi connectivity index (χ0n) is 14.0. The van der Waals surface area contributed by atoms with E-state index in [1.165, 1.54) is 35.0 Å². The Morgan fingerprint density at radius 3 is 3.04 bits per heavy atom. The number of hydrogen-bond acceptors (Lipinski definition) is 7. The van der Waals surface area contributed by atoms with E-state index in [9.17, 15) is 4.79 Å². The Bertz CT molecular complexity index is 787. The first-order chi connectivity index (χ1) is 12.2. The van der Waals surface area contributed by atoms with E-state index in [1.54, 1.807) is 11.3 Å². The van der Waals surface area contributed by atoms with Gasteiger partial charge in [-0.2, -0.15) is 0 Å². The fourth-order valence-corrected chi connectivity index (χ4v) is 5.45. The number of ether oxygens (including phenoxy) is 1. The van der Waals surface area contributed by atoms with E-state index in [0.717, 1.165) is 42.5 Å². The first-order valence-electron chi connectivity index (χ1n) is 8.79. The summed E-state index contributed by atoms with van der Waals surface area (Å²) in [5.74, 6) is 0.822. The smallest absolute Gasteiger partial charge is 0.230 e. The quantitative estimate of drug-likeness (QED) is 0.614. The van der Waals surface area contributed by atoms with Crippen molar-refractivity contribution < 1.29 is 9.53 Å². The molecule has 8 heteroatoms. The SMILES string of the molecule is Nc1nc(SCC(=O)NC[C@H]2CCCO2)nc2sc3c(c12)CCCC3. The number of hydrogen-bond donors (Lipinski definition) is 2. The van der Waals surface area contributed by atoms with Crippen molar-refractivity contribution in [3.05, 3.63) is 10.4 Å². The number of nitrogens with one attached hydrogen (secondary N) is 1. The molecular formula is C17H22N4O2S2. The molecule has 0 spiro atoms. The van der Waals surface area contributed by atoms with Crippen LogP contribution in [-0.2, 0) is 22.4 Å². The number of thioether (sulfide) groups is 1. The van der Waals surface area contributed by atoms with Gasteiger partial charge in [-0.1, -0.05) is 11.8 Å². The zero-order valence-corrected chi connectivity index (χ0v) is 15.7. The lowest BCUT2D eigenvalue weighted by atomic mass is 9.97. The molecule has 4 rings (SSSR count). The molecule has 0 saturated carbocycles. The molecule has 25 heavy (non-hydrogen) atoms. The summed E-state index contributed by atoms with van der Waals surface area (Å²) in [6, 6.07) is 0. The van der Waals surface area contributed by atoms with E-state index >= 15 is 0 Å². The topological polar surface area (TPSA) is 90.1 Å². The van der Waals surface area contributed by atoms with Gasteiger partial charge in [-0.15, -0.1) is 11.3 Å². The summed E-state index contributed by atoms with van der Waals surface area (Å²) in [6.45, 7) is 1.38. The average molecular weight is 379 g/mol. The Morgan fingerprint density at radius 1 is 1.32 bits per heavy atom. The maximum absolute atomic E-state index is 12.0. The van der Waals surface area contributed by atoms with Gasteiger partial charge in [0.15, 0.2) is 5.16 Å².